The van der Waals surface area contributed by atoms with E-state index in [9.17, 15) is 14.7 Å². The van der Waals surface area contributed by atoms with Crippen LogP contribution in [0.15, 0.2) is 0 Å². The van der Waals surface area contributed by atoms with Crippen LogP contribution in [0, 0.1) is 17.8 Å². The van der Waals surface area contributed by atoms with E-state index < -0.39 is 11.9 Å². The molecule has 4 heteroatoms. The van der Waals surface area contributed by atoms with Gasteiger partial charge in [-0.3, -0.25) is 9.59 Å². The lowest BCUT2D eigenvalue weighted by atomic mass is 9.78. The summed E-state index contributed by atoms with van der Waals surface area (Å²) < 4.78 is 0. The molecular formula is C16H27NO3. The van der Waals surface area contributed by atoms with Crippen molar-refractivity contribution in [2.45, 2.75) is 57.8 Å². The summed E-state index contributed by atoms with van der Waals surface area (Å²) in [6.45, 7) is 0.807. The van der Waals surface area contributed by atoms with E-state index in [0.717, 1.165) is 25.8 Å². The molecule has 2 aliphatic carbocycles. The standard InChI is InChI=1S/C16H27NO3/c1-17(11-12-7-3-2-4-8-12)15(18)13-9-5-6-10-14(13)16(19)20/h12-14H,2-11H2,1H3,(H,19,20)/t13-,14+/m1/s1. The first-order valence-corrected chi connectivity index (χ1v) is 8.07. The fourth-order valence-electron chi connectivity index (χ4n) is 3.85. The topological polar surface area (TPSA) is 57.6 Å². The SMILES string of the molecule is CN(CC1CCCCC1)C(=O)[C@@H]1CCCC[C@@H]1C(=O)O. The molecular weight excluding hydrogens is 254 g/mol. The minimum Gasteiger partial charge on any atom is -0.481 e. The Hall–Kier alpha value is -1.06. The van der Waals surface area contributed by atoms with Crippen LogP contribution in [0.1, 0.15) is 57.8 Å². The summed E-state index contributed by atoms with van der Waals surface area (Å²) in [5, 5.41) is 9.29. The van der Waals surface area contributed by atoms with Gasteiger partial charge in [-0.15, -0.1) is 0 Å². The Balaban J connectivity index is 1.92. The molecule has 1 amide bonds. The molecule has 2 aliphatic rings. The molecule has 0 aromatic rings. The molecule has 0 saturated heterocycles. The molecule has 2 fully saturated rings. The Morgan fingerprint density at radius 2 is 1.50 bits per heavy atom. The molecule has 0 aromatic heterocycles. The third-order valence-corrected chi connectivity index (χ3v) is 5.03. The monoisotopic (exact) mass is 281 g/mol. The summed E-state index contributed by atoms with van der Waals surface area (Å²) >= 11 is 0. The van der Waals surface area contributed by atoms with Crippen molar-refractivity contribution in [3.05, 3.63) is 0 Å². The number of carboxylic acid groups (broad SMARTS) is 1. The van der Waals surface area contributed by atoms with Gasteiger partial charge in [-0.05, 0) is 31.6 Å². The lowest BCUT2D eigenvalue weighted by Crippen LogP contribution is -2.42. The van der Waals surface area contributed by atoms with Crippen LogP contribution in [-0.4, -0.2) is 35.5 Å². The third-order valence-electron chi connectivity index (χ3n) is 5.03. The lowest BCUT2D eigenvalue weighted by Gasteiger charge is -2.33. The molecule has 0 radical (unpaired) electrons. The second-order valence-electron chi connectivity index (χ2n) is 6.56. The Morgan fingerprint density at radius 1 is 0.950 bits per heavy atom. The van der Waals surface area contributed by atoms with Crippen molar-refractivity contribution >= 4 is 11.9 Å². The van der Waals surface area contributed by atoms with Crippen molar-refractivity contribution in [3.63, 3.8) is 0 Å². The van der Waals surface area contributed by atoms with Gasteiger partial charge in [-0.1, -0.05) is 32.1 Å². The zero-order chi connectivity index (χ0) is 14.5. The molecule has 4 nitrogen and oxygen atoms in total. The minimum atomic E-state index is -0.797. The van der Waals surface area contributed by atoms with Gasteiger partial charge in [0.2, 0.25) is 5.91 Å². The summed E-state index contributed by atoms with van der Waals surface area (Å²) in [7, 11) is 1.85. The number of carbonyl (C=O) groups excluding carboxylic acids is 1. The van der Waals surface area contributed by atoms with E-state index in [1.54, 1.807) is 0 Å². The highest BCUT2D eigenvalue weighted by molar-refractivity contribution is 5.84. The summed E-state index contributed by atoms with van der Waals surface area (Å²) in [4.78, 5) is 25.7. The molecule has 2 atom stereocenters. The van der Waals surface area contributed by atoms with Crippen molar-refractivity contribution < 1.29 is 14.7 Å². The molecule has 0 bridgehead atoms. The Morgan fingerprint density at radius 3 is 2.10 bits per heavy atom. The van der Waals surface area contributed by atoms with Crippen LogP contribution in [0.2, 0.25) is 0 Å². The smallest absolute Gasteiger partial charge is 0.307 e. The molecule has 20 heavy (non-hydrogen) atoms. The van der Waals surface area contributed by atoms with Crippen LogP contribution in [0.5, 0.6) is 0 Å². The number of rotatable bonds is 4. The minimum absolute atomic E-state index is 0.0580. The lowest BCUT2D eigenvalue weighted by molar-refractivity contribution is -0.152. The predicted molar refractivity (Wildman–Crippen MR) is 77.3 cm³/mol. The van der Waals surface area contributed by atoms with E-state index in [2.05, 4.69) is 0 Å². The van der Waals surface area contributed by atoms with E-state index in [-0.39, 0.29) is 11.8 Å². The Labute approximate surface area is 121 Å². The molecule has 0 unspecified atom stereocenters. The summed E-state index contributed by atoms with van der Waals surface area (Å²) in [6, 6.07) is 0. The Bertz CT molecular complexity index is 350. The molecule has 0 heterocycles. The van der Waals surface area contributed by atoms with Gasteiger partial charge in [-0.25, -0.2) is 0 Å². The van der Waals surface area contributed by atoms with Crippen LogP contribution in [0.25, 0.3) is 0 Å². The highest BCUT2D eigenvalue weighted by Crippen LogP contribution is 2.32. The van der Waals surface area contributed by atoms with Crippen molar-refractivity contribution in [1.82, 2.24) is 4.90 Å². The summed E-state index contributed by atoms with van der Waals surface area (Å²) in [6.07, 6.45) is 9.60. The zero-order valence-electron chi connectivity index (χ0n) is 12.5. The number of amides is 1. The van der Waals surface area contributed by atoms with Crippen LogP contribution in [0.3, 0.4) is 0 Å². The number of hydrogen-bond donors (Lipinski definition) is 1. The van der Waals surface area contributed by atoms with Crippen molar-refractivity contribution in [2.75, 3.05) is 13.6 Å². The molecule has 2 rings (SSSR count). The predicted octanol–water partition coefficient (Wildman–Crippen LogP) is 2.92. The number of carboxylic acids is 1. The number of hydrogen-bond acceptors (Lipinski definition) is 2. The number of nitrogens with zero attached hydrogens (tertiary/aromatic N) is 1. The molecule has 2 saturated carbocycles. The first-order valence-electron chi connectivity index (χ1n) is 8.07. The Kier molecular flexibility index (Phi) is 5.44. The second-order valence-corrected chi connectivity index (χ2v) is 6.56. The highest BCUT2D eigenvalue weighted by atomic mass is 16.4. The van der Waals surface area contributed by atoms with Crippen LogP contribution in [-0.2, 0) is 9.59 Å². The maximum absolute atomic E-state index is 12.5. The molecule has 114 valence electrons. The van der Waals surface area contributed by atoms with E-state index in [0.29, 0.717) is 12.3 Å². The molecule has 0 aliphatic heterocycles. The van der Waals surface area contributed by atoms with Gasteiger partial charge in [0, 0.05) is 13.6 Å². The van der Waals surface area contributed by atoms with Gasteiger partial charge in [0.05, 0.1) is 11.8 Å². The van der Waals surface area contributed by atoms with E-state index in [1.165, 1.54) is 32.1 Å². The van der Waals surface area contributed by atoms with Crippen molar-refractivity contribution in [2.24, 2.45) is 17.8 Å². The van der Waals surface area contributed by atoms with Gasteiger partial charge in [0.25, 0.3) is 0 Å². The quantitative estimate of drug-likeness (QED) is 0.862. The highest BCUT2D eigenvalue weighted by Gasteiger charge is 2.37. The van der Waals surface area contributed by atoms with Crippen molar-refractivity contribution in [3.8, 4) is 0 Å². The zero-order valence-corrected chi connectivity index (χ0v) is 12.5. The third kappa shape index (κ3) is 3.74. The normalized spacial score (nSPS) is 28.1. The van der Waals surface area contributed by atoms with Gasteiger partial charge in [0.1, 0.15) is 0 Å². The van der Waals surface area contributed by atoms with Crippen LogP contribution < -0.4 is 0 Å². The fourth-order valence-corrected chi connectivity index (χ4v) is 3.85. The number of carbonyl (C=O) groups is 2. The molecule has 0 aromatic carbocycles. The maximum Gasteiger partial charge on any atom is 0.307 e. The van der Waals surface area contributed by atoms with Crippen molar-refractivity contribution in [1.29, 1.82) is 0 Å². The maximum atomic E-state index is 12.5. The van der Waals surface area contributed by atoms with Crippen LogP contribution >= 0.6 is 0 Å². The van der Waals surface area contributed by atoms with Gasteiger partial charge >= 0.3 is 5.97 Å². The summed E-state index contributed by atoms with van der Waals surface area (Å²) in [5.41, 5.74) is 0. The van der Waals surface area contributed by atoms with Gasteiger partial charge in [0.15, 0.2) is 0 Å². The van der Waals surface area contributed by atoms with E-state index in [4.69, 9.17) is 0 Å². The van der Waals surface area contributed by atoms with E-state index >= 15 is 0 Å². The van der Waals surface area contributed by atoms with Gasteiger partial charge < -0.3 is 10.0 Å². The number of aliphatic carboxylic acids is 1. The second kappa shape index (κ2) is 7.09. The van der Waals surface area contributed by atoms with Crippen LogP contribution in [0.4, 0.5) is 0 Å². The van der Waals surface area contributed by atoms with E-state index in [1.807, 2.05) is 11.9 Å². The average molecular weight is 281 g/mol. The summed E-state index contributed by atoms with van der Waals surface area (Å²) in [5.74, 6) is -0.888. The molecule has 1 N–H and O–H groups in total. The fraction of sp³-hybridized carbons (Fsp3) is 0.875. The largest absolute Gasteiger partial charge is 0.481 e. The molecule has 0 spiro atoms. The average Bonchev–Trinajstić information content (AvgIpc) is 2.47. The van der Waals surface area contributed by atoms with Gasteiger partial charge in [-0.2, -0.15) is 0 Å². The first kappa shape index (κ1) is 15.3. The first-order chi connectivity index (χ1) is 9.59.